The largest absolute Gasteiger partial charge is 0.413 e. The van der Waals surface area contributed by atoms with E-state index in [4.69, 9.17) is 9.26 Å². The van der Waals surface area contributed by atoms with Gasteiger partial charge in [0.2, 0.25) is 5.82 Å². The molecule has 10 nitrogen and oxygen atoms in total. The van der Waals surface area contributed by atoms with Crippen LogP contribution in [0.3, 0.4) is 0 Å². The summed E-state index contributed by atoms with van der Waals surface area (Å²) in [5, 5.41) is 16.7. The standard InChI is InChI=1S/C23H22N6O4/c1-14(15-7-6-8-16(11-15)19-28-21(33-29-19)23(2,3)31)27-22(30)32-17-12-25-20(26-13-17)18-9-4-5-10-24-18/h4-14,31H,1-3H3,(H,27,30)/t14-/m1/s1. The van der Waals surface area contributed by atoms with Gasteiger partial charge < -0.3 is 19.7 Å². The van der Waals surface area contributed by atoms with Crippen molar-refractivity contribution in [2.24, 2.45) is 0 Å². The molecule has 1 aromatic carbocycles. The second-order valence-electron chi connectivity index (χ2n) is 7.82. The fraction of sp³-hybridized carbons (Fsp3) is 0.217. The molecule has 2 N–H and O–H groups in total. The summed E-state index contributed by atoms with van der Waals surface area (Å²) in [5.41, 5.74) is 0.882. The molecule has 33 heavy (non-hydrogen) atoms. The van der Waals surface area contributed by atoms with Crippen molar-refractivity contribution in [1.82, 2.24) is 30.4 Å². The van der Waals surface area contributed by atoms with E-state index < -0.39 is 11.7 Å². The third-order valence-electron chi connectivity index (χ3n) is 4.66. The summed E-state index contributed by atoms with van der Waals surface area (Å²) in [5.74, 6) is 1.10. The molecular formula is C23H22N6O4. The zero-order chi connectivity index (χ0) is 23.4. The monoisotopic (exact) mass is 446 g/mol. The number of ether oxygens (including phenoxy) is 1. The van der Waals surface area contributed by atoms with Crippen molar-refractivity contribution in [3.05, 3.63) is 72.5 Å². The number of aliphatic hydroxyl groups is 1. The van der Waals surface area contributed by atoms with Crippen LogP contribution < -0.4 is 10.1 Å². The van der Waals surface area contributed by atoms with E-state index in [2.05, 4.69) is 30.4 Å². The van der Waals surface area contributed by atoms with Gasteiger partial charge in [-0.3, -0.25) is 4.98 Å². The third kappa shape index (κ3) is 5.36. The van der Waals surface area contributed by atoms with E-state index in [0.29, 0.717) is 22.9 Å². The van der Waals surface area contributed by atoms with Crippen LogP contribution in [0.15, 0.2) is 65.6 Å². The van der Waals surface area contributed by atoms with Crippen LogP contribution in [-0.2, 0) is 5.60 Å². The van der Waals surface area contributed by atoms with Crippen molar-refractivity contribution < 1.29 is 19.2 Å². The molecule has 0 aliphatic heterocycles. The van der Waals surface area contributed by atoms with Gasteiger partial charge in [0.25, 0.3) is 5.89 Å². The summed E-state index contributed by atoms with van der Waals surface area (Å²) in [6.45, 7) is 4.95. The van der Waals surface area contributed by atoms with Gasteiger partial charge in [-0.1, -0.05) is 29.4 Å². The third-order valence-corrected chi connectivity index (χ3v) is 4.66. The number of rotatable bonds is 6. The normalized spacial score (nSPS) is 12.2. The maximum absolute atomic E-state index is 12.4. The molecule has 0 saturated heterocycles. The van der Waals surface area contributed by atoms with Crippen LogP contribution in [0.1, 0.15) is 38.3 Å². The molecule has 3 aromatic heterocycles. The smallest absolute Gasteiger partial charge is 0.407 e. The number of carbonyl (C=O) groups is 1. The molecule has 10 heteroatoms. The maximum Gasteiger partial charge on any atom is 0.413 e. The molecule has 0 bridgehead atoms. The lowest BCUT2D eigenvalue weighted by atomic mass is 10.0. The van der Waals surface area contributed by atoms with Crippen LogP contribution in [0.4, 0.5) is 4.79 Å². The van der Waals surface area contributed by atoms with Crippen molar-refractivity contribution in [3.8, 4) is 28.7 Å². The van der Waals surface area contributed by atoms with Crippen LogP contribution in [0.5, 0.6) is 5.75 Å². The Labute approximate surface area is 189 Å². The van der Waals surface area contributed by atoms with E-state index in [-0.39, 0.29) is 17.7 Å². The Balaban J connectivity index is 1.40. The average Bonchev–Trinajstić information content (AvgIpc) is 3.31. The Hall–Kier alpha value is -4.18. The van der Waals surface area contributed by atoms with Gasteiger partial charge in [0.1, 0.15) is 11.3 Å². The number of nitrogens with zero attached hydrogens (tertiary/aromatic N) is 5. The first kappa shape index (κ1) is 22.0. The number of aromatic nitrogens is 5. The number of carbonyl (C=O) groups excluding carboxylic acids is 1. The van der Waals surface area contributed by atoms with Crippen LogP contribution >= 0.6 is 0 Å². The van der Waals surface area contributed by atoms with Gasteiger partial charge in [0.05, 0.1) is 18.4 Å². The van der Waals surface area contributed by atoms with Crippen molar-refractivity contribution in [2.45, 2.75) is 32.4 Å². The number of hydrogen-bond acceptors (Lipinski definition) is 9. The van der Waals surface area contributed by atoms with Crippen LogP contribution in [0.2, 0.25) is 0 Å². The van der Waals surface area contributed by atoms with Crippen LogP contribution in [0.25, 0.3) is 22.9 Å². The minimum Gasteiger partial charge on any atom is -0.407 e. The number of benzene rings is 1. The molecule has 0 fully saturated rings. The molecule has 4 rings (SSSR count). The molecule has 0 spiro atoms. The van der Waals surface area contributed by atoms with Gasteiger partial charge in [-0.2, -0.15) is 4.98 Å². The van der Waals surface area contributed by atoms with Gasteiger partial charge in [0, 0.05) is 11.8 Å². The average molecular weight is 446 g/mol. The minimum absolute atomic E-state index is 0.119. The topological polar surface area (TPSA) is 136 Å². The summed E-state index contributed by atoms with van der Waals surface area (Å²) < 4.78 is 10.4. The van der Waals surface area contributed by atoms with E-state index in [1.165, 1.54) is 12.4 Å². The fourth-order valence-corrected chi connectivity index (χ4v) is 2.93. The van der Waals surface area contributed by atoms with Crippen LogP contribution in [-0.4, -0.2) is 36.3 Å². The number of hydrogen-bond donors (Lipinski definition) is 2. The molecular weight excluding hydrogens is 424 g/mol. The van der Waals surface area contributed by atoms with E-state index >= 15 is 0 Å². The molecule has 3 heterocycles. The lowest BCUT2D eigenvalue weighted by Gasteiger charge is -2.14. The Morgan fingerprint density at radius 2 is 1.88 bits per heavy atom. The molecule has 0 saturated carbocycles. The zero-order valence-electron chi connectivity index (χ0n) is 18.3. The number of nitrogens with one attached hydrogen (secondary N) is 1. The lowest BCUT2D eigenvalue weighted by molar-refractivity contribution is 0.0420. The van der Waals surface area contributed by atoms with E-state index in [1.807, 2.05) is 37.3 Å². The highest BCUT2D eigenvalue weighted by Gasteiger charge is 2.24. The highest BCUT2D eigenvalue weighted by molar-refractivity contribution is 5.71. The SMILES string of the molecule is C[C@@H](NC(=O)Oc1cnc(-c2ccccn2)nc1)c1cccc(-c2noc(C(C)(C)O)n2)c1. The molecule has 1 amide bonds. The molecule has 4 aromatic rings. The second-order valence-corrected chi connectivity index (χ2v) is 7.82. The van der Waals surface area contributed by atoms with E-state index in [1.54, 1.807) is 32.2 Å². The van der Waals surface area contributed by atoms with Crippen molar-refractivity contribution in [3.63, 3.8) is 0 Å². The van der Waals surface area contributed by atoms with Gasteiger partial charge in [-0.15, -0.1) is 0 Å². The summed E-state index contributed by atoms with van der Waals surface area (Å²) >= 11 is 0. The van der Waals surface area contributed by atoms with E-state index in [0.717, 1.165) is 5.56 Å². The molecule has 1 atom stereocenters. The summed E-state index contributed by atoms with van der Waals surface area (Å²) in [6.07, 6.45) is 3.83. The van der Waals surface area contributed by atoms with Crippen molar-refractivity contribution in [1.29, 1.82) is 0 Å². The fourth-order valence-electron chi connectivity index (χ4n) is 2.93. The first-order valence-corrected chi connectivity index (χ1v) is 10.2. The maximum atomic E-state index is 12.4. The molecule has 0 unspecified atom stereocenters. The highest BCUT2D eigenvalue weighted by Crippen LogP contribution is 2.24. The first-order chi connectivity index (χ1) is 15.8. The summed E-state index contributed by atoms with van der Waals surface area (Å²) in [6, 6.07) is 12.4. The Morgan fingerprint density at radius 3 is 2.55 bits per heavy atom. The molecule has 0 aliphatic rings. The molecule has 168 valence electrons. The quantitative estimate of drug-likeness (QED) is 0.454. The Kier molecular flexibility index (Phi) is 6.09. The molecule has 0 radical (unpaired) electrons. The number of amides is 1. The zero-order valence-corrected chi connectivity index (χ0v) is 18.3. The van der Waals surface area contributed by atoms with E-state index in [9.17, 15) is 9.90 Å². The van der Waals surface area contributed by atoms with Gasteiger partial charge in [-0.05, 0) is 44.5 Å². The van der Waals surface area contributed by atoms with Gasteiger partial charge in [-0.25, -0.2) is 14.8 Å². The molecule has 0 aliphatic carbocycles. The Morgan fingerprint density at radius 1 is 1.09 bits per heavy atom. The number of pyridine rings is 1. The summed E-state index contributed by atoms with van der Waals surface area (Å²) in [7, 11) is 0. The van der Waals surface area contributed by atoms with Gasteiger partial charge in [0.15, 0.2) is 11.6 Å². The second kappa shape index (κ2) is 9.13. The lowest BCUT2D eigenvalue weighted by Crippen LogP contribution is -2.29. The van der Waals surface area contributed by atoms with Crippen molar-refractivity contribution in [2.75, 3.05) is 0 Å². The van der Waals surface area contributed by atoms with Crippen molar-refractivity contribution >= 4 is 6.09 Å². The predicted molar refractivity (Wildman–Crippen MR) is 118 cm³/mol. The summed E-state index contributed by atoms with van der Waals surface area (Å²) in [4.78, 5) is 29.1. The Bertz CT molecular complexity index is 1240. The predicted octanol–water partition coefficient (Wildman–Crippen LogP) is 3.67. The first-order valence-electron chi connectivity index (χ1n) is 10.2. The van der Waals surface area contributed by atoms with Crippen LogP contribution in [0, 0.1) is 0 Å². The van der Waals surface area contributed by atoms with Gasteiger partial charge >= 0.3 is 6.09 Å². The highest BCUT2D eigenvalue weighted by atomic mass is 16.6. The minimum atomic E-state index is -1.24.